The Morgan fingerprint density at radius 3 is 2.55 bits per heavy atom. The van der Waals surface area contributed by atoms with E-state index in [4.69, 9.17) is 16.3 Å². The first-order valence-electron chi connectivity index (χ1n) is 16.9. The maximum absolute atomic E-state index is 13.1. The molecule has 4 aromatic rings. The Balaban J connectivity index is 0.963. The normalized spacial score (nSPS) is 17.8. The molecule has 1 atom stereocenters. The summed E-state index contributed by atoms with van der Waals surface area (Å²) < 4.78 is 5.78. The van der Waals surface area contributed by atoms with E-state index in [9.17, 15) is 14.4 Å². The summed E-state index contributed by atoms with van der Waals surface area (Å²) in [5.74, 6) is 0.768. The van der Waals surface area contributed by atoms with E-state index >= 15 is 0 Å². The van der Waals surface area contributed by atoms with Gasteiger partial charge in [-0.3, -0.25) is 24.6 Å². The number of hydrogen-bond donors (Lipinski definition) is 3. The Morgan fingerprint density at radius 2 is 1.78 bits per heavy atom. The van der Waals surface area contributed by atoms with Gasteiger partial charge >= 0.3 is 0 Å². The average molecular weight is 727 g/mol. The van der Waals surface area contributed by atoms with Gasteiger partial charge in [0, 0.05) is 68.7 Å². The van der Waals surface area contributed by atoms with Crippen LogP contribution in [-0.4, -0.2) is 90.1 Å². The minimum absolute atomic E-state index is 0.150. The number of imide groups is 1. The number of anilines is 5. The topological polar surface area (TPSA) is 132 Å². The van der Waals surface area contributed by atoms with Gasteiger partial charge < -0.3 is 25.2 Å². The fraction of sp³-hybridized carbons (Fsp3) is 0.324. The van der Waals surface area contributed by atoms with E-state index in [0.717, 1.165) is 60.9 Å². The number of ether oxygens (including phenoxy) is 1. The number of nitrogens with zero attached hydrogens (tertiary/aromatic N) is 5. The number of aromatic nitrogens is 2. The van der Waals surface area contributed by atoms with Crippen molar-refractivity contribution in [1.29, 1.82) is 0 Å². The summed E-state index contributed by atoms with van der Waals surface area (Å²) in [6.07, 6.45) is 2.19. The Labute approximate surface area is 303 Å². The van der Waals surface area contributed by atoms with Gasteiger partial charge in [-0.05, 0) is 60.4 Å². The average Bonchev–Trinajstić information content (AvgIpc) is 3.45. The minimum atomic E-state index is -0.609. The maximum Gasteiger partial charge on any atom is 0.255 e. The molecule has 3 aliphatic rings. The fourth-order valence-electron chi connectivity index (χ4n) is 6.86. The van der Waals surface area contributed by atoms with Gasteiger partial charge in [-0.1, -0.05) is 49.9 Å². The fourth-order valence-corrected chi connectivity index (χ4v) is 8.00. The predicted molar refractivity (Wildman–Crippen MR) is 201 cm³/mol. The monoisotopic (exact) mass is 726 g/mol. The van der Waals surface area contributed by atoms with Crippen molar-refractivity contribution in [2.45, 2.75) is 32.0 Å². The molecule has 264 valence electrons. The summed E-state index contributed by atoms with van der Waals surface area (Å²) in [7, 11) is 1.32. The second-order valence-electron chi connectivity index (χ2n) is 13.1. The molecule has 1 unspecified atom stereocenters. The first kappa shape index (κ1) is 34.7. The third kappa shape index (κ3) is 7.49. The molecule has 0 spiro atoms. The number of rotatable bonds is 10. The number of hydrogen-bond acceptors (Lipinski definition) is 10. The first-order valence-corrected chi connectivity index (χ1v) is 19.5. The van der Waals surface area contributed by atoms with Crippen LogP contribution >= 0.6 is 19.5 Å². The van der Waals surface area contributed by atoms with Gasteiger partial charge in [-0.15, -0.1) is 0 Å². The zero-order valence-electron chi connectivity index (χ0n) is 28.8. The molecule has 0 saturated carbocycles. The van der Waals surface area contributed by atoms with Crippen molar-refractivity contribution in [2.24, 2.45) is 0 Å². The van der Waals surface area contributed by atoms with E-state index < -0.39 is 11.9 Å². The zero-order valence-corrected chi connectivity index (χ0v) is 30.4. The summed E-state index contributed by atoms with van der Waals surface area (Å²) in [5, 5.41) is 10.7. The van der Waals surface area contributed by atoms with Crippen LogP contribution in [0.25, 0.3) is 0 Å². The minimum Gasteiger partial charge on any atom is -0.494 e. The number of piperidine rings is 1. The van der Waals surface area contributed by atoms with Gasteiger partial charge in [0.2, 0.25) is 17.8 Å². The lowest BCUT2D eigenvalue weighted by molar-refractivity contribution is -0.136. The van der Waals surface area contributed by atoms with E-state index in [-0.39, 0.29) is 26.2 Å². The lowest BCUT2D eigenvalue weighted by atomic mass is 10.0. The largest absolute Gasteiger partial charge is 0.494 e. The second kappa shape index (κ2) is 14.8. The van der Waals surface area contributed by atoms with E-state index in [1.165, 1.54) is 5.30 Å². The van der Waals surface area contributed by atoms with Gasteiger partial charge in [0.15, 0.2) is 5.82 Å². The Kier molecular flexibility index (Phi) is 10.1. The highest BCUT2D eigenvalue weighted by molar-refractivity contribution is 7.64. The van der Waals surface area contributed by atoms with Gasteiger partial charge in [-0.2, -0.15) is 4.98 Å². The van der Waals surface area contributed by atoms with Crippen molar-refractivity contribution in [3.8, 4) is 5.75 Å². The number of nitrogens with one attached hydrogen (secondary N) is 3. The molecule has 3 aliphatic heterocycles. The first-order chi connectivity index (χ1) is 24.7. The number of para-hydroxylation sites is 1. The van der Waals surface area contributed by atoms with Crippen LogP contribution < -0.4 is 30.9 Å². The summed E-state index contributed by atoms with van der Waals surface area (Å²) in [6.45, 7) is 9.00. The molecule has 51 heavy (non-hydrogen) atoms. The van der Waals surface area contributed by atoms with Crippen LogP contribution in [0.5, 0.6) is 5.75 Å². The molecule has 14 heteroatoms. The SMILES string of the molecule is COc1cc(N2CCN(Cc3ccc4c(c3)CN(C3CCC(=O)NC3=O)C4=O)CC2)ccc1Nc1ncc(Cl)c(Nc2ccccc2P(C)C)n1. The molecule has 7 rings (SSSR count). The van der Waals surface area contributed by atoms with Gasteiger partial charge in [0.1, 0.15) is 16.8 Å². The Hall–Kier alpha value is -4.77. The molecule has 1 aromatic heterocycles. The Bertz CT molecular complexity index is 1990. The number of carbonyl (C=O) groups excluding carboxylic acids is 3. The van der Waals surface area contributed by atoms with Crippen LogP contribution in [0, 0.1) is 0 Å². The van der Waals surface area contributed by atoms with Crippen molar-refractivity contribution in [2.75, 3.05) is 62.2 Å². The molecule has 2 fully saturated rings. The molecule has 12 nitrogen and oxygen atoms in total. The van der Waals surface area contributed by atoms with Crippen LogP contribution in [0.2, 0.25) is 5.02 Å². The molecular weight excluding hydrogens is 687 g/mol. The summed E-state index contributed by atoms with van der Waals surface area (Å²) in [5.41, 5.74) is 5.47. The van der Waals surface area contributed by atoms with E-state index in [1.807, 2.05) is 42.5 Å². The lowest BCUT2D eigenvalue weighted by Crippen LogP contribution is -2.52. The molecule has 3 N–H and O–H groups in total. The van der Waals surface area contributed by atoms with E-state index in [2.05, 4.69) is 67.2 Å². The van der Waals surface area contributed by atoms with Crippen molar-refractivity contribution < 1.29 is 19.1 Å². The lowest BCUT2D eigenvalue weighted by Gasteiger charge is -2.36. The number of fused-ring (bicyclic) bond motifs is 1. The van der Waals surface area contributed by atoms with Crippen LogP contribution in [0.1, 0.15) is 34.3 Å². The number of piperazine rings is 1. The zero-order chi connectivity index (χ0) is 35.6. The predicted octanol–water partition coefficient (Wildman–Crippen LogP) is 5.08. The molecule has 3 amide bonds. The molecular formula is C37H40ClN8O4P. The van der Waals surface area contributed by atoms with E-state index in [0.29, 0.717) is 41.1 Å². The van der Waals surface area contributed by atoms with Crippen molar-refractivity contribution in [3.05, 3.63) is 88.6 Å². The Morgan fingerprint density at radius 1 is 0.980 bits per heavy atom. The smallest absolute Gasteiger partial charge is 0.255 e. The number of halogens is 1. The van der Waals surface area contributed by atoms with E-state index in [1.54, 1.807) is 18.2 Å². The van der Waals surface area contributed by atoms with Crippen LogP contribution in [0.3, 0.4) is 0 Å². The summed E-state index contributed by atoms with van der Waals surface area (Å²) >= 11 is 6.49. The van der Waals surface area contributed by atoms with Gasteiger partial charge in [0.05, 0.1) is 19.0 Å². The number of benzene rings is 3. The molecule has 3 aromatic carbocycles. The van der Waals surface area contributed by atoms with Crippen LogP contribution in [0.15, 0.2) is 66.9 Å². The number of amides is 3. The molecule has 4 heterocycles. The molecule has 0 aliphatic carbocycles. The third-order valence-electron chi connectivity index (χ3n) is 9.55. The van der Waals surface area contributed by atoms with Crippen molar-refractivity contribution in [1.82, 2.24) is 25.1 Å². The molecule has 0 radical (unpaired) electrons. The van der Waals surface area contributed by atoms with Gasteiger partial charge in [-0.25, -0.2) is 4.98 Å². The number of methoxy groups -OCH3 is 1. The summed E-state index contributed by atoms with van der Waals surface area (Å²) in [4.78, 5) is 52.5. The highest BCUT2D eigenvalue weighted by Gasteiger charge is 2.39. The van der Waals surface area contributed by atoms with Crippen molar-refractivity contribution in [3.63, 3.8) is 0 Å². The quantitative estimate of drug-likeness (QED) is 0.150. The second-order valence-corrected chi connectivity index (χ2v) is 15.8. The standard InChI is InChI=1S/C37H40ClN8O4P/c1-50-31-19-25(9-11-28(31)41-37-39-20-27(38)34(43-37)40-29-6-4-5-7-32(29)51(2)3)45-16-14-44(15-17-45)21-23-8-10-26-24(18-23)22-46(36(26)49)30-12-13-33(47)42-35(30)48/h4-11,18-20,30H,12-17,21-22H2,1-3H3,(H,42,47,48)(H2,39,40,41,43). The van der Waals surface area contributed by atoms with Crippen LogP contribution in [-0.2, 0) is 22.7 Å². The van der Waals surface area contributed by atoms with Crippen LogP contribution in [0.4, 0.5) is 28.8 Å². The van der Waals surface area contributed by atoms with Gasteiger partial charge in [0.25, 0.3) is 5.91 Å². The third-order valence-corrected chi connectivity index (χ3v) is 11.2. The highest BCUT2D eigenvalue weighted by Crippen LogP contribution is 2.35. The molecule has 2 saturated heterocycles. The molecule has 0 bridgehead atoms. The maximum atomic E-state index is 13.1. The highest BCUT2D eigenvalue weighted by atomic mass is 35.5. The number of carbonyl (C=O) groups is 3. The van der Waals surface area contributed by atoms with Crippen molar-refractivity contribution >= 4 is 71.4 Å². The summed E-state index contributed by atoms with van der Waals surface area (Å²) in [6, 6.07) is 19.6.